The fraction of sp³-hybridized carbons (Fsp3) is 0.885. The molecular weight excluding hydrogens is 440 g/mol. The van der Waals surface area contributed by atoms with E-state index in [1.54, 1.807) is 7.11 Å². The first kappa shape index (κ1) is 24.2. The van der Waals surface area contributed by atoms with Gasteiger partial charge in [0.15, 0.2) is 12.1 Å². The van der Waals surface area contributed by atoms with E-state index in [-0.39, 0.29) is 47.6 Å². The first-order chi connectivity index (χ1) is 16.0. The summed E-state index contributed by atoms with van der Waals surface area (Å²) >= 11 is 0. The summed E-state index contributed by atoms with van der Waals surface area (Å²) in [6.45, 7) is 4.78. The van der Waals surface area contributed by atoms with Crippen LogP contribution in [0.25, 0.3) is 0 Å². The monoisotopic (exact) mass is 478 g/mol. The molecule has 1 saturated heterocycles. The van der Waals surface area contributed by atoms with Crippen LogP contribution in [0.4, 0.5) is 0 Å². The van der Waals surface area contributed by atoms with E-state index in [1.165, 1.54) is 13.8 Å². The van der Waals surface area contributed by atoms with Gasteiger partial charge in [0, 0.05) is 39.2 Å². The summed E-state index contributed by atoms with van der Waals surface area (Å²) < 4.78 is 23.4. The second-order valence-electron chi connectivity index (χ2n) is 11.7. The maximum atomic E-state index is 13.1. The lowest BCUT2D eigenvalue weighted by Crippen LogP contribution is -2.67. The predicted octanol–water partition coefficient (Wildman–Crippen LogP) is 2.93. The van der Waals surface area contributed by atoms with Crippen molar-refractivity contribution in [2.45, 2.75) is 102 Å². The van der Waals surface area contributed by atoms with Crippen molar-refractivity contribution in [3.63, 3.8) is 0 Å². The molecule has 0 aromatic heterocycles. The molecule has 1 aliphatic heterocycles. The third-order valence-electron chi connectivity index (χ3n) is 10.5. The second kappa shape index (κ2) is 8.00. The molecule has 8 nitrogen and oxygen atoms in total. The Hall–Kier alpha value is -1.51. The normalized spacial score (nSPS) is 48.9. The number of carbonyl (C=O) groups excluding carboxylic acids is 3. The highest BCUT2D eigenvalue weighted by molar-refractivity contribution is 5.85. The van der Waals surface area contributed by atoms with Crippen molar-refractivity contribution < 1.29 is 38.4 Å². The Kier molecular flexibility index (Phi) is 5.69. The summed E-state index contributed by atoms with van der Waals surface area (Å²) in [5, 5.41) is 12.1. The minimum atomic E-state index is -1.02. The molecule has 0 aromatic rings. The van der Waals surface area contributed by atoms with Gasteiger partial charge in [0.2, 0.25) is 0 Å². The van der Waals surface area contributed by atoms with E-state index in [0.717, 1.165) is 25.7 Å². The van der Waals surface area contributed by atoms with Gasteiger partial charge in [-0.3, -0.25) is 14.4 Å². The first-order valence-electron chi connectivity index (χ1n) is 12.8. The lowest BCUT2D eigenvalue weighted by molar-refractivity contribution is -0.241. The maximum Gasteiger partial charge on any atom is 0.303 e. The van der Waals surface area contributed by atoms with Crippen molar-refractivity contribution in [3.05, 3.63) is 0 Å². The summed E-state index contributed by atoms with van der Waals surface area (Å²) in [4.78, 5) is 35.9. The highest BCUT2D eigenvalue weighted by atomic mass is 16.7. The number of aliphatic hydroxyl groups is 1. The van der Waals surface area contributed by atoms with Crippen LogP contribution in [0.1, 0.15) is 78.6 Å². The van der Waals surface area contributed by atoms with Gasteiger partial charge < -0.3 is 24.1 Å². The zero-order valence-corrected chi connectivity index (χ0v) is 20.8. The van der Waals surface area contributed by atoms with E-state index in [9.17, 15) is 19.5 Å². The van der Waals surface area contributed by atoms with Crippen LogP contribution in [0, 0.1) is 28.6 Å². The number of esters is 2. The van der Waals surface area contributed by atoms with Gasteiger partial charge in [-0.05, 0) is 62.7 Å². The van der Waals surface area contributed by atoms with Crippen molar-refractivity contribution in [1.82, 2.24) is 0 Å². The highest BCUT2D eigenvalue weighted by Gasteiger charge is 2.79. The zero-order valence-electron chi connectivity index (χ0n) is 20.8. The van der Waals surface area contributed by atoms with E-state index in [2.05, 4.69) is 6.92 Å². The molecule has 190 valence electrons. The van der Waals surface area contributed by atoms with Gasteiger partial charge in [-0.25, -0.2) is 0 Å². The minimum absolute atomic E-state index is 0.000237. The molecule has 9 atom stereocenters. The van der Waals surface area contributed by atoms with Crippen LogP contribution < -0.4 is 0 Å². The molecule has 5 rings (SSSR count). The molecule has 34 heavy (non-hydrogen) atoms. The van der Waals surface area contributed by atoms with Crippen LogP contribution in [0.5, 0.6) is 0 Å². The molecule has 8 heteroatoms. The van der Waals surface area contributed by atoms with E-state index >= 15 is 0 Å². The Morgan fingerprint density at radius 2 is 1.74 bits per heavy atom. The van der Waals surface area contributed by atoms with Crippen LogP contribution in [-0.4, -0.2) is 60.1 Å². The van der Waals surface area contributed by atoms with Crippen molar-refractivity contribution in [2.24, 2.45) is 28.6 Å². The molecule has 1 heterocycles. The van der Waals surface area contributed by atoms with Crippen LogP contribution in [-0.2, 0) is 33.3 Å². The number of hydrogen-bond donors (Lipinski definition) is 1. The standard InChI is InChI=1S/C26H38O8/c1-15(27)32-14-19(29)18-5-6-20-23(18,3)9-8-21-25-10-7-17(33-16(2)28)13-24(25,30)11-12-26(20,21)34-22(25)31-4/h17-18,20-22,30H,5-14H2,1-4H3/t17?,18-,20?,21?,22?,23?,24?,25?,26?/m0/s1. The maximum absolute atomic E-state index is 13.1. The smallest absolute Gasteiger partial charge is 0.303 e. The topological polar surface area (TPSA) is 108 Å². The van der Waals surface area contributed by atoms with E-state index in [4.69, 9.17) is 18.9 Å². The number of ketones is 1. The van der Waals surface area contributed by atoms with Gasteiger partial charge in [-0.15, -0.1) is 0 Å². The van der Waals surface area contributed by atoms with Gasteiger partial charge in [0.1, 0.15) is 12.7 Å². The van der Waals surface area contributed by atoms with Crippen molar-refractivity contribution >= 4 is 17.7 Å². The number of methoxy groups -OCH3 is 1. The molecule has 4 aliphatic carbocycles. The lowest BCUT2D eigenvalue weighted by Gasteiger charge is -2.63. The fourth-order valence-electron chi connectivity index (χ4n) is 9.33. The van der Waals surface area contributed by atoms with Gasteiger partial charge in [0.25, 0.3) is 0 Å². The van der Waals surface area contributed by atoms with Gasteiger partial charge >= 0.3 is 11.9 Å². The number of rotatable bonds is 5. The van der Waals surface area contributed by atoms with Crippen LogP contribution in [0.15, 0.2) is 0 Å². The summed E-state index contributed by atoms with van der Waals surface area (Å²) in [5.74, 6) is -0.603. The zero-order chi connectivity index (χ0) is 24.5. The first-order valence-corrected chi connectivity index (χ1v) is 12.8. The van der Waals surface area contributed by atoms with Crippen molar-refractivity contribution in [3.8, 4) is 0 Å². The number of fused-ring (bicyclic) bond motifs is 1. The molecule has 5 aliphatic rings. The fourth-order valence-corrected chi connectivity index (χ4v) is 9.33. The minimum Gasteiger partial charge on any atom is -0.462 e. The molecule has 8 unspecified atom stereocenters. The Morgan fingerprint density at radius 1 is 0.971 bits per heavy atom. The number of ether oxygens (including phenoxy) is 4. The summed E-state index contributed by atoms with van der Waals surface area (Å²) in [6.07, 6.45) is 5.60. The summed E-state index contributed by atoms with van der Waals surface area (Å²) in [7, 11) is 1.65. The van der Waals surface area contributed by atoms with Crippen LogP contribution in [0.3, 0.4) is 0 Å². The Morgan fingerprint density at radius 3 is 2.41 bits per heavy atom. The average molecular weight is 479 g/mol. The Balaban J connectivity index is 1.46. The summed E-state index contributed by atoms with van der Waals surface area (Å²) in [6, 6.07) is 0. The SMILES string of the molecule is COC1OC23CCC4(O)CC(OC(C)=O)CCC14C2CCC1(C)C3CC[C@H]1C(=O)COC(C)=O. The summed E-state index contributed by atoms with van der Waals surface area (Å²) in [5.41, 5.74) is -2.24. The van der Waals surface area contributed by atoms with Gasteiger partial charge in [-0.1, -0.05) is 6.92 Å². The molecule has 0 aromatic carbocycles. The quantitative estimate of drug-likeness (QED) is 0.601. The van der Waals surface area contributed by atoms with Crippen molar-refractivity contribution in [1.29, 1.82) is 0 Å². The third-order valence-corrected chi connectivity index (χ3v) is 10.5. The second-order valence-corrected chi connectivity index (χ2v) is 11.7. The molecule has 1 N–H and O–H groups in total. The van der Waals surface area contributed by atoms with Crippen molar-refractivity contribution in [2.75, 3.05) is 13.7 Å². The molecule has 0 amide bonds. The Bertz CT molecular complexity index is 888. The van der Waals surface area contributed by atoms with E-state index in [1.807, 2.05) is 0 Å². The van der Waals surface area contributed by atoms with Gasteiger partial charge in [0.05, 0.1) is 16.6 Å². The van der Waals surface area contributed by atoms with Gasteiger partial charge in [-0.2, -0.15) is 0 Å². The van der Waals surface area contributed by atoms with E-state index < -0.39 is 28.9 Å². The lowest BCUT2D eigenvalue weighted by atomic mass is 9.42. The molecule has 4 saturated carbocycles. The highest BCUT2D eigenvalue weighted by Crippen LogP contribution is 2.75. The number of Topliss-reactive ketones (excluding diaryl/α,β-unsaturated/α-hetero) is 1. The molecule has 2 bridgehead atoms. The largest absolute Gasteiger partial charge is 0.462 e. The van der Waals surface area contributed by atoms with E-state index in [0.29, 0.717) is 32.1 Å². The van der Waals surface area contributed by atoms with Crippen LogP contribution in [0.2, 0.25) is 0 Å². The molecule has 1 spiro atoms. The average Bonchev–Trinajstić information content (AvgIpc) is 3.23. The Labute approximate surface area is 201 Å². The number of hydrogen-bond acceptors (Lipinski definition) is 8. The number of carbonyl (C=O) groups is 3. The van der Waals surface area contributed by atoms with Crippen LogP contribution >= 0.6 is 0 Å². The molecular formula is C26H38O8. The molecule has 0 radical (unpaired) electrons. The molecule has 5 fully saturated rings. The predicted molar refractivity (Wildman–Crippen MR) is 119 cm³/mol. The third kappa shape index (κ3) is 3.10.